The van der Waals surface area contributed by atoms with Crippen LogP contribution in [0, 0.1) is 5.82 Å². The lowest BCUT2D eigenvalue weighted by atomic mass is 9.97. The van der Waals surface area contributed by atoms with Crippen LogP contribution in [0.2, 0.25) is 0 Å². The average molecular weight is 327 g/mol. The largest absolute Gasteiger partial charge is 0.493 e. The molecule has 0 fully saturated rings. The molecule has 0 aromatic heterocycles. The van der Waals surface area contributed by atoms with Gasteiger partial charge in [0, 0.05) is 41.6 Å². The first-order valence-corrected chi connectivity index (χ1v) is 8.15. The summed E-state index contributed by atoms with van der Waals surface area (Å²) in [6, 6.07) is 8.49. The fraction of sp³-hybridized carbons (Fsp3) is 0.316. The number of halogens is 1. The quantitative estimate of drug-likeness (QED) is 0.939. The fourth-order valence-electron chi connectivity index (χ4n) is 3.33. The van der Waals surface area contributed by atoms with Gasteiger partial charge in [0.15, 0.2) is 0 Å². The zero-order chi connectivity index (χ0) is 16.5. The van der Waals surface area contributed by atoms with Gasteiger partial charge in [0.2, 0.25) is 5.91 Å². The van der Waals surface area contributed by atoms with Gasteiger partial charge in [-0.15, -0.1) is 0 Å². The van der Waals surface area contributed by atoms with E-state index >= 15 is 0 Å². The summed E-state index contributed by atoms with van der Waals surface area (Å²) in [7, 11) is 0. The molecule has 0 spiro atoms. The van der Waals surface area contributed by atoms with Crippen molar-refractivity contribution in [3.63, 3.8) is 0 Å². The lowest BCUT2D eigenvalue weighted by Gasteiger charge is -2.13. The van der Waals surface area contributed by atoms with Gasteiger partial charge >= 0.3 is 0 Å². The molecule has 4 rings (SSSR count). The van der Waals surface area contributed by atoms with Crippen LogP contribution in [0.5, 0.6) is 11.5 Å². The summed E-state index contributed by atoms with van der Waals surface area (Å²) in [5.74, 6) is 1.25. The number of benzene rings is 2. The second-order valence-corrected chi connectivity index (χ2v) is 6.06. The van der Waals surface area contributed by atoms with E-state index in [-0.39, 0.29) is 24.7 Å². The average Bonchev–Trinajstić information content (AvgIpc) is 3.22. The van der Waals surface area contributed by atoms with E-state index in [0.29, 0.717) is 18.8 Å². The number of carbonyl (C=O) groups excluding carboxylic acids is 1. The Labute approximate surface area is 139 Å². The lowest BCUT2D eigenvalue weighted by molar-refractivity contribution is -0.120. The van der Waals surface area contributed by atoms with Gasteiger partial charge in [-0.3, -0.25) is 4.79 Å². The van der Waals surface area contributed by atoms with Crippen LogP contribution in [-0.4, -0.2) is 19.1 Å². The molecule has 1 N–H and O–H groups in total. The van der Waals surface area contributed by atoms with Crippen LogP contribution < -0.4 is 14.8 Å². The van der Waals surface area contributed by atoms with Crippen molar-refractivity contribution in [3.05, 3.63) is 58.4 Å². The molecule has 2 heterocycles. The Morgan fingerprint density at radius 2 is 2.00 bits per heavy atom. The van der Waals surface area contributed by atoms with E-state index in [1.807, 2.05) is 6.07 Å². The van der Waals surface area contributed by atoms with E-state index in [1.165, 1.54) is 6.07 Å². The number of rotatable bonds is 4. The van der Waals surface area contributed by atoms with Crippen LogP contribution in [0.4, 0.5) is 4.39 Å². The van der Waals surface area contributed by atoms with Crippen molar-refractivity contribution in [1.82, 2.24) is 5.32 Å². The first kappa shape index (κ1) is 15.0. The molecule has 4 nitrogen and oxygen atoms in total. The molecule has 124 valence electrons. The minimum absolute atomic E-state index is 0.142. The van der Waals surface area contributed by atoms with Crippen molar-refractivity contribution < 1.29 is 18.7 Å². The molecule has 1 amide bonds. The number of amides is 1. The number of hydrogen-bond donors (Lipinski definition) is 1. The van der Waals surface area contributed by atoms with Gasteiger partial charge in [0.25, 0.3) is 0 Å². The highest BCUT2D eigenvalue weighted by Crippen LogP contribution is 2.40. The Hall–Kier alpha value is -2.56. The molecule has 0 radical (unpaired) electrons. The smallest absolute Gasteiger partial charge is 0.224 e. The van der Waals surface area contributed by atoms with Gasteiger partial charge in [-0.1, -0.05) is 18.2 Å². The summed E-state index contributed by atoms with van der Waals surface area (Å²) in [5.41, 5.74) is 3.57. The van der Waals surface area contributed by atoms with Gasteiger partial charge < -0.3 is 14.8 Å². The normalized spacial score (nSPS) is 14.5. The van der Waals surface area contributed by atoms with Crippen molar-refractivity contribution in [3.8, 4) is 11.5 Å². The number of nitrogens with one attached hydrogen (secondary N) is 1. The molecule has 24 heavy (non-hydrogen) atoms. The standard InChI is InChI=1S/C19H18FNO3/c20-16-4-2-1-3-13(16)11-21-18(22)10-15-14-6-8-23-17(14)9-12-5-7-24-19(12)15/h1-4,9H,5-8,10-11H2,(H,21,22). The van der Waals surface area contributed by atoms with E-state index in [2.05, 4.69) is 5.32 Å². The third-order valence-electron chi connectivity index (χ3n) is 4.53. The van der Waals surface area contributed by atoms with Crippen LogP contribution >= 0.6 is 0 Å². The van der Waals surface area contributed by atoms with E-state index in [9.17, 15) is 9.18 Å². The highest BCUT2D eigenvalue weighted by molar-refractivity contribution is 5.80. The molecule has 0 bridgehead atoms. The Bertz CT molecular complexity index is 771. The zero-order valence-corrected chi connectivity index (χ0v) is 13.2. The van der Waals surface area contributed by atoms with Crippen LogP contribution in [0.15, 0.2) is 30.3 Å². The number of hydrogen-bond acceptors (Lipinski definition) is 3. The predicted octanol–water partition coefficient (Wildman–Crippen LogP) is 2.55. The Morgan fingerprint density at radius 1 is 1.17 bits per heavy atom. The highest BCUT2D eigenvalue weighted by Gasteiger charge is 2.27. The lowest BCUT2D eigenvalue weighted by Crippen LogP contribution is -2.25. The second-order valence-electron chi connectivity index (χ2n) is 6.06. The van der Waals surface area contributed by atoms with Gasteiger partial charge in [0.05, 0.1) is 19.6 Å². The molecule has 0 saturated heterocycles. The van der Waals surface area contributed by atoms with E-state index in [1.54, 1.807) is 18.2 Å². The van der Waals surface area contributed by atoms with Gasteiger partial charge in [-0.25, -0.2) is 4.39 Å². The second kappa shape index (κ2) is 6.15. The summed E-state index contributed by atoms with van der Waals surface area (Å²) in [4.78, 5) is 12.4. The summed E-state index contributed by atoms with van der Waals surface area (Å²) in [5, 5.41) is 2.80. The molecule has 0 aliphatic carbocycles. The molecule has 2 aliphatic heterocycles. The van der Waals surface area contributed by atoms with Gasteiger partial charge in [0.1, 0.15) is 17.3 Å². The van der Waals surface area contributed by atoms with E-state index in [0.717, 1.165) is 41.0 Å². The first-order chi connectivity index (χ1) is 11.7. The van der Waals surface area contributed by atoms with Crippen LogP contribution in [0.1, 0.15) is 22.3 Å². The highest BCUT2D eigenvalue weighted by atomic mass is 19.1. The van der Waals surface area contributed by atoms with Crippen molar-refractivity contribution in [2.45, 2.75) is 25.8 Å². The van der Waals surface area contributed by atoms with E-state index < -0.39 is 0 Å². The molecular formula is C19H18FNO3. The topological polar surface area (TPSA) is 47.6 Å². The number of ether oxygens (including phenoxy) is 2. The molecule has 2 aliphatic rings. The Kier molecular flexibility index (Phi) is 3.84. The minimum atomic E-state index is -0.309. The summed E-state index contributed by atoms with van der Waals surface area (Å²) in [6.07, 6.45) is 1.86. The molecule has 0 unspecified atom stereocenters. The maximum Gasteiger partial charge on any atom is 0.224 e. The number of carbonyl (C=O) groups is 1. The van der Waals surface area contributed by atoms with Crippen molar-refractivity contribution in [2.75, 3.05) is 13.2 Å². The van der Waals surface area contributed by atoms with Crippen molar-refractivity contribution in [1.29, 1.82) is 0 Å². The van der Waals surface area contributed by atoms with E-state index in [4.69, 9.17) is 9.47 Å². The third-order valence-corrected chi connectivity index (χ3v) is 4.53. The minimum Gasteiger partial charge on any atom is -0.493 e. The summed E-state index contributed by atoms with van der Waals surface area (Å²) in [6.45, 7) is 1.46. The summed E-state index contributed by atoms with van der Waals surface area (Å²) >= 11 is 0. The zero-order valence-electron chi connectivity index (χ0n) is 13.2. The Morgan fingerprint density at radius 3 is 2.88 bits per heavy atom. The molecule has 5 heteroatoms. The maximum absolute atomic E-state index is 13.6. The SMILES string of the molecule is O=C(Cc1c2c(cc3c1OCC3)OCC2)NCc1ccccc1F. The van der Waals surface area contributed by atoms with Crippen molar-refractivity contribution >= 4 is 5.91 Å². The predicted molar refractivity (Wildman–Crippen MR) is 86.8 cm³/mol. The number of fused-ring (bicyclic) bond motifs is 2. The third kappa shape index (κ3) is 2.70. The maximum atomic E-state index is 13.6. The van der Waals surface area contributed by atoms with Gasteiger partial charge in [-0.05, 0) is 12.1 Å². The monoisotopic (exact) mass is 327 g/mol. The fourth-order valence-corrected chi connectivity index (χ4v) is 3.33. The molecule has 0 saturated carbocycles. The van der Waals surface area contributed by atoms with Crippen molar-refractivity contribution in [2.24, 2.45) is 0 Å². The molecule has 2 aromatic carbocycles. The molecular weight excluding hydrogens is 309 g/mol. The van der Waals surface area contributed by atoms with Gasteiger partial charge in [-0.2, -0.15) is 0 Å². The molecule has 0 atom stereocenters. The Balaban J connectivity index is 1.51. The van der Waals surface area contributed by atoms with Crippen LogP contribution in [0.3, 0.4) is 0 Å². The summed E-state index contributed by atoms with van der Waals surface area (Å²) < 4.78 is 25.0. The van der Waals surface area contributed by atoms with Crippen LogP contribution in [0.25, 0.3) is 0 Å². The molecule has 2 aromatic rings. The van der Waals surface area contributed by atoms with Crippen LogP contribution in [-0.2, 0) is 30.6 Å². The first-order valence-electron chi connectivity index (χ1n) is 8.15.